The first kappa shape index (κ1) is 16.0. The molecule has 0 fully saturated rings. The molecule has 3 nitrogen and oxygen atoms in total. The lowest BCUT2D eigenvalue weighted by molar-refractivity contribution is -0.118. The topological polar surface area (TPSA) is 32.3 Å². The van der Waals surface area contributed by atoms with Crippen LogP contribution in [0.5, 0.6) is 0 Å². The summed E-state index contributed by atoms with van der Waals surface area (Å²) in [5, 5.41) is 3.65. The van der Waals surface area contributed by atoms with Gasteiger partial charge in [-0.3, -0.25) is 4.79 Å². The molecule has 21 heavy (non-hydrogen) atoms. The summed E-state index contributed by atoms with van der Waals surface area (Å²) in [5.74, 6) is 0.879. The molecular weight excluding hydrogens is 260 g/mol. The minimum atomic E-state index is 0.221. The Morgan fingerprint density at radius 3 is 2.52 bits per heavy atom. The van der Waals surface area contributed by atoms with Gasteiger partial charge in [-0.15, -0.1) is 0 Å². The zero-order valence-electron chi connectivity index (χ0n) is 13.8. The highest BCUT2D eigenvalue weighted by Gasteiger charge is 2.24. The minimum absolute atomic E-state index is 0.221. The maximum atomic E-state index is 11.8. The van der Waals surface area contributed by atoms with Gasteiger partial charge in [-0.25, -0.2) is 0 Å². The van der Waals surface area contributed by atoms with Crippen molar-refractivity contribution >= 4 is 11.6 Å². The van der Waals surface area contributed by atoms with Gasteiger partial charge in [-0.1, -0.05) is 45.7 Å². The van der Waals surface area contributed by atoms with E-state index in [1.54, 1.807) is 4.90 Å². The van der Waals surface area contributed by atoms with Crippen LogP contribution in [0, 0.1) is 5.92 Å². The van der Waals surface area contributed by atoms with E-state index in [2.05, 4.69) is 44.3 Å². The predicted molar refractivity (Wildman–Crippen MR) is 88.7 cm³/mol. The van der Waals surface area contributed by atoms with Crippen molar-refractivity contribution in [3.63, 3.8) is 0 Å². The van der Waals surface area contributed by atoms with Crippen molar-refractivity contribution in [2.24, 2.45) is 5.92 Å². The molecule has 1 aliphatic rings. The van der Waals surface area contributed by atoms with Crippen molar-refractivity contribution < 1.29 is 4.79 Å². The summed E-state index contributed by atoms with van der Waals surface area (Å²) in [6.45, 7) is 7.68. The van der Waals surface area contributed by atoms with E-state index in [0.29, 0.717) is 18.4 Å². The van der Waals surface area contributed by atoms with Gasteiger partial charge in [0.2, 0.25) is 5.91 Å². The second kappa shape index (κ2) is 7.08. The number of carbonyl (C=O) groups is 1. The van der Waals surface area contributed by atoms with Gasteiger partial charge in [-0.05, 0) is 36.1 Å². The van der Waals surface area contributed by atoms with Gasteiger partial charge in [0.1, 0.15) is 0 Å². The highest BCUT2D eigenvalue weighted by molar-refractivity contribution is 5.95. The van der Waals surface area contributed by atoms with Gasteiger partial charge in [0.05, 0.1) is 0 Å². The molecule has 1 atom stereocenters. The number of benzene rings is 1. The summed E-state index contributed by atoms with van der Waals surface area (Å²) < 4.78 is 0. The molecule has 1 heterocycles. The van der Waals surface area contributed by atoms with Gasteiger partial charge in [0.25, 0.3) is 0 Å². The molecule has 2 rings (SSSR count). The molecule has 3 heteroatoms. The maximum absolute atomic E-state index is 11.8. The first-order valence-corrected chi connectivity index (χ1v) is 8.25. The van der Waals surface area contributed by atoms with Gasteiger partial charge in [-0.2, -0.15) is 0 Å². The zero-order chi connectivity index (χ0) is 15.4. The summed E-state index contributed by atoms with van der Waals surface area (Å²) in [6, 6.07) is 7.04. The normalized spacial score (nSPS) is 16.2. The van der Waals surface area contributed by atoms with E-state index in [1.807, 2.05) is 7.05 Å². The Morgan fingerprint density at radius 1 is 1.19 bits per heavy atom. The molecule has 0 spiro atoms. The summed E-state index contributed by atoms with van der Waals surface area (Å²) in [6.07, 6.45) is 3.87. The fraction of sp³-hybridized carbons (Fsp3) is 0.611. The van der Waals surface area contributed by atoms with E-state index in [0.717, 1.165) is 18.7 Å². The minimum Gasteiger partial charge on any atom is -0.315 e. The van der Waals surface area contributed by atoms with Crippen LogP contribution in [0.3, 0.4) is 0 Å². The van der Waals surface area contributed by atoms with Crippen LogP contribution in [0.4, 0.5) is 5.69 Å². The van der Waals surface area contributed by atoms with Crippen molar-refractivity contribution in [2.75, 3.05) is 18.5 Å². The standard InChI is InChI=1S/C18H28N2O/c1-5-13(6-2)18(19-7-3)15-8-10-16-14(12-15)9-11-17(21)20(16)4/h8,10,12-13,18-19H,5-7,9,11H2,1-4H3. The Labute approximate surface area is 128 Å². The lowest BCUT2D eigenvalue weighted by atomic mass is 9.87. The van der Waals surface area contributed by atoms with Crippen LogP contribution in [0.1, 0.15) is 57.2 Å². The fourth-order valence-electron chi connectivity index (χ4n) is 3.41. The number of nitrogens with one attached hydrogen (secondary N) is 1. The number of anilines is 1. The van der Waals surface area contributed by atoms with E-state index >= 15 is 0 Å². The van der Waals surface area contributed by atoms with Crippen LogP contribution in [-0.4, -0.2) is 19.5 Å². The third kappa shape index (κ3) is 3.29. The third-order valence-electron chi connectivity index (χ3n) is 4.75. The number of fused-ring (bicyclic) bond motifs is 1. The fourth-order valence-corrected chi connectivity index (χ4v) is 3.41. The highest BCUT2D eigenvalue weighted by Crippen LogP contribution is 2.33. The summed E-state index contributed by atoms with van der Waals surface area (Å²) in [7, 11) is 1.88. The van der Waals surface area contributed by atoms with Crippen LogP contribution >= 0.6 is 0 Å². The first-order valence-electron chi connectivity index (χ1n) is 8.25. The van der Waals surface area contributed by atoms with Crippen LogP contribution < -0.4 is 10.2 Å². The first-order chi connectivity index (χ1) is 10.1. The quantitative estimate of drug-likeness (QED) is 0.866. The van der Waals surface area contributed by atoms with Crippen LogP contribution in [-0.2, 0) is 11.2 Å². The monoisotopic (exact) mass is 288 g/mol. The van der Waals surface area contributed by atoms with Crippen molar-refractivity contribution in [2.45, 2.75) is 52.5 Å². The molecule has 0 saturated carbocycles. The molecular formula is C18H28N2O. The Hall–Kier alpha value is -1.35. The molecule has 1 aliphatic heterocycles. The van der Waals surface area contributed by atoms with Gasteiger partial charge >= 0.3 is 0 Å². The third-order valence-corrected chi connectivity index (χ3v) is 4.75. The van der Waals surface area contributed by atoms with Crippen LogP contribution in [0.2, 0.25) is 0 Å². The average Bonchev–Trinajstić information content (AvgIpc) is 2.51. The molecule has 0 aliphatic carbocycles. The number of nitrogens with zero attached hydrogens (tertiary/aromatic N) is 1. The lowest BCUT2D eigenvalue weighted by Gasteiger charge is -2.30. The molecule has 1 N–H and O–H groups in total. The van der Waals surface area contributed by atoms with E-state index in [-0.39, 0.29) is 5.91 Å². The molecule has 1 aromatic carbocycles. The van der Waals surface area contributed by atoms with E-state index in [4.69, 9.17) is 0 Å². The van der Waals surface area contributed by atoms with E-state index in [9.17, 15) is 4.79 Å². The number of amides is 1. The summed E-state index contributed by atoms with van der Waals surface area (Å²) in [4.78, 5) is 13.6. The number of rotatable bonds is 6. The van der Waals surface area contributed by atoms with Crippen molar-refractivity contribution in [1.29, 1.82) is 0 Å². The number of hydrogen-bond acceptors (Lipinski definition) is 2. The molecule has 1 amide bonds. The Morgan fingerprint density at radius 2 is 1.90 bits per heavy atom. The number of hydrogen-bond donors (Lipinski definition) is 1. The second-order valence-corrected chi connectivity index (χ2v) is 5.95. The van der Waals surface area contributed by atoms with Crippen molar-refractivity contribution in [1.82, 2.24) is 5.32 Å². The maximum Gasteiger partial charge on any atom is 0.227 e. The molecule has 1 aromatic rings. The average molecular weight is 288 g/mol. The Balaban J connectivity index is 2.33. The lowest BCUT2D eigenvalue weighted by Crippen LogP contribution is -2.32. The van der Waals surface area contributed by atoms with Gasteiger partial charge < -0.3 is 10.2 Å². The second-order valence-electron chi connectivity index (χ2n) is 5.95. The van der Waals surface area contributed by atoms with E-state index in [1.165, 1.54) is 24.0 Å². The SMILES string of the molecule is CCNC(c1ccc2c(c1)CCC(=O)N2C)C(CC)CC. The molecule has 0 bridgehead atoms. The van der Waals surface area contributed by atoms with Crippen molar-refractivity contribution in [3.8, 4) is 0 Å². The van der Waals surface area contributed by atoms with Crippen LogP contribution in [0.25, 0.3) is 0 Å². The largest absolute Gasteiger partial charge is 0.315 e. The van der Waals surface area contributed by atoms with Crippen molar-refractivity contribution in [3.05, 3.63) is 29.3 Å². The molecule has 0 saturated heterocycles. The molecule has 0 radical (unpaired) electrons. The Kier molecular flexibility index (Phi) is 5.40. The predicted octanol–water partition coefficient (Wildman–Crippen LogP) is 3.68. The van der Waals surface area contributed by atoms with E-state index < -0.39 is 0 Å². The highest BCUT2D eigenvalue weighted by atomic mass is 16.2. The Bertz CT molecular complexity index is 494. The van der Waals surface area contributed by atoms with Crippen LogP contribution in [0.15, 0.2) is 18.2 Å². The van der Waals surface area contributed by atoms with Gasteiger partial charge in [0.15, 0.2) is 0 Å². The number of aryl methyl sites for hydroxylation is 1. The zero-order valence-corrected chi connectivity index (χ0v) is 13.8. The molecule has 0 aromatic heterocycles. The summed E-state index contributed by atoms with van der Waals surface area (Å²) in [5.41, 5.74) is 3.75. The smallest absolute Gasteiger partial charge is 0.227 e. The summed E-state index contributed by atoms with van der Waals surface area (Å²) >= 11 is 0. The number of carbonyl (C=O) groups excluding carboxylic acids is 1. The van der Waals surface area contributed by atoms with Gasteiger partial charge in [0, 0.05) is 25.2 Å². The molecule has 1 unspecified atom stereocenters. The molecule has 116 valence electrons.